The van der Waals surface area contributed by atoms with Gasteiger partial charge in [-0.15, -0.1) is 0 Å². The Labute approximate surface area is 102 Å². The van der Waals surface area contributed by atoms with Crippen molar-refractivity contribution in [3.8, 4) is 0 Å². The lowest BCUT2D eigenvalue weighted by atomic mass is 10.0. The van der Waals surface area contributed by atoms with E-state index in [1.54, 1.807) is 0 Å². The fourth-order valence-electron chi connectivity index (χ4n) is 3.03. The van der Waals surface area contributed by atoms with Crippen molar-refractivity contribution < 1.29 is 4.79 Å². The second kappa shape index (κ2) is 4.32. The standard InChI is InChI=1S/C12H20N2OS/c1-6(2)10(11(13)16)14-12(15)9-7-4-3-5-8(7)9/h6-10H,3-5H2,1-2H3,(H2,13,16)(H,14,15). The quantitative estimate of drug-likeness (QED) is 0.731. The average Bonchev–Trinajstić information content (AvgIpc) is 2.67. The van der Waals surface area contributed by atoms with Gasteiger partial charge in [-0.2, -0.15) is 0 Å². The number of rotatable bonds is 4. The zero-order valence-electron chi connectivity index (χ0n) is 9.90. The predicted octanol–water partition coefficient (Wildman–Crippen LogP) is 1.46. The van der Waals surface area contributed by atoms with Crippen LogP contribution in [-0.2, 0) is 4.79 Å². The molecule has 3 atom stereocenters. The van der Waals surface area contributed by atoms with Crippen molar-refractivity contribution in [1.82, 2.24) is 5.32 Å². The Balaban J connectivity index is 1.89. The minimum atomic E-state index is -0.149. The van der Waals surface area contributed by atoms with E-state index in [4.69, 9.17) is 18.0 Å². The maximum atomic E-state index is 12.0. The second-order valence-electron chi connectivity index (χ2n) is 5.42. The highest BCUT2D eigenvalue weighted by Gasteiger charge is 2.56. The Morgan fingerprint density at radius 1 is 1.38 bits per heavy atom. The van der Waals surface area contributed by atoms with Crippen molar-refractivity contribution >= 4 is 23.1 Å². The molecule has 2 rings (SSSR count). The summed E-state index contributed by atoms with van der Waals surface area (Å²) in [4.78, 5) is 12.4. The molecular weight excluding hydrogens is 220 g/mol. The summed E-state index contributed by atoms with van der Waals surface area (Å²) in [5.74, 6) is 1.99. The lowest BCUT2D eigenvalue weighted by Gasteiger charge is -2.21. The summed E-state index contributed by atoms with van der Waals surface area (Å²) in [6.07, 6.45) is 3.74. The van der Waals surface area contributed by atoms with Crippen LogP contribution in [0.3, 0.4) is 0 Å². The van der Waals surface area contributed by atoms with Crippen LogP contribution in [0.2, 0.25) is 0 Å². The van der Waals surface area contributed by atoms with Gasteiger partial charge in [0.05, 0.1) is 11.0 Å². The molecule has 0 radical (unpaired) electrons. The van der Waals surface area contributed by atoms with Crippen LogP contribution in [0.5, 0.6) is 0 Å². The van der Waals surface area contributed by atoms with Crippen molar-refractivity contribution in [1.29, 1.82) is 0 Å². The Morgan fingerprint density at radius 3 is 2.38 bits per heavy atom. The van der Waals surface area contributed by atoms with Gasteiger partial charge in [0, 0.05) is 5.92 Å². The molecule has 0 aromatic heterocycles. The zero-order valence-corrected chi connectivity index (χ0v) is 10.7. The van der Waals surface area contributed by atoms with Crippen LogP contribution < -0.4 is 11.1 Å². The maximum absolute atomic E-state index is 12.0. The van der Waals surface area contributed by atoms with Gasteiger partial charge in [-0.3, -0.25) is 4.79 Å². The molecule has 2 fully saturated rings. The monoisotopic (exact) mass is 240 g/mol. The van der Waals surface area contributed by atoms with E-state index in [9.17, 15) is 4.79 Å². The van der Waals surface area contributed by atoms with Crippen LogP contribution in [0.1, 0.15) is 33.1 Å². The van der Waals surface area contributed by atoms with E-state index in [1.165, 1.54) is 19.3 Å². The molecule has 2 aliphatic carbocycles. The summed E-state index contributed by atoms with van der Waals surface area (Å²) in [6.45, 7) is 4.05. The number of hydrogen-bond donors (Lipinski definition) is 2. The molecule has 0 aliphatic heterocycles. The van der Waals surface area contributed by atoms with Crippen molar-refractivity contribution in [3.05, 3.63) is 0 Å². The number of amides is 1. The molecule has 0 bridgehead atoms. The van der Waals surface area contributed by atoms with Crippen molar-refractivity contribution in [3.63, 3.8) is 0 Å². The second-order valence-corrected chi connectivity index (χ2v) is 5.89. The molecule has 2 saturated carbocycles. The summed E-state index contributed by atoms with van der Waals surface area (Å²) in [7, 11) is 0. The summed E-state index contributed by atoms with van der Waals surface area (Å²) in [5, 5.41) is 3.00. The number of carbonyl (C=O) groups is 1. The van der Waals surface area contributed by atoms with Crippen molar-refractivity contribution in [2.45, 2.75) is 39.2 Å². The third kappa shape index (κ3) is 2.08. The van der Waals surface area contributed by atoms with Crippen LogP contribution in [0, 0.1) is 23.7 Å². The molecule has 16 heavy (non-hydrogen) atoms. The van der Waals surface area contributed by atoms with E-state index in [0.717, 1.165) is 0 Å². The predicted molar refractivity (Wildman–Crippen MR) is 67.9 cm³/mol. The van der Waals surface area contributed by atoms with Crippen molar-refractivity contribution in [2.24, 2.45) is 29.4 Å². The first-order valence-corrected chi connectivity index (χ1v) is 6.53. The van der Waals surface area contributed by atoms with Gasteiger partial charge in [-0.1, -0.05) is 32.5 Å². The van der Waals surface area contributed by atoms with Crippen molar-refractivity contribution in [2.75, 3.05) is 0 Å². The molecule has 0 heterocycles. The van der Waals surface area contributed by atoms with Gasteiger partial charge in [0.1, 0.15) is 0 Å². The van der Waals surface area contributed by atoms with E-state index in [1.807, 2.05) is 13.8 Å². The highest BCUT2D eigenvalue weighted by Crippen LogP contribution is 2.57. The molecule has 3 unspecified atom stereocenters. The maximum Gasteiger partial charge on any atom is 0.224 e. The Hall–Kier alpha value is -0.640. The minimum absolute atomic E-state index is 0.149. The smallest absolute Gasteiger partial charge is 0.224 e. The number of nitrogens with two attached hydrogens (primary N) is 1. The first-order chi connectivity index (χ1) is 7.52. The van der Waals surface area contributed by atoms with Crippen LogP contribution in [0.4, 0.5) is 0 Å². The first kappa shape index (κ1) is 11.8. The average molecular weight is 240 g/mol. The zero-order chi connectivity index (χ0) is 11.9. The molecule has 0 aromatic rings. The number of nitrogens with one attached hydrogen (secondary N) is 1. The lowest BCUT2D eigenvalue weighted by Crippen LogP contribution is -2.47. The molecular formula is C12H20N2OS. The molecule has 3 nitrogen and oxygen atoms in total. The first-order valence-electron chi connectivity index (χ1n) is 6.12. The van der Waals surface area contributed by atoms with Crippen LogP contribution >= 0.6 is 12.2 Å². The summed E-state index contributed by atoms with van der Waals surface area (Å²) >= 11 is 4.98. The molecule has 0 aromatic carbocycles. The Kier molecular flexibility index (Phi) is 3.19. The van der Waals surface area contributed by atoms with E-state index in [0.29, 0.717) is 16.8 Å². The molecule has 0 saturated heterocycles. The van der Waals surface area contributed by atoms with E-state index in [-0.39, 0.29) is 23.8 Å². The normalized spacial score (nSPS) is 33.3. The van der Waals surface area contributed by atoms with E-state index >= 15 is 0 Å². The van der Waals surface area contributed by atoms with Gasteiger partial charge in [0.15, 0.2) is 0 Å². The highest BCUT2D eigenvalue weighted by atomic mass is 32.1. The fraction of sp³-hybridized carbons (Fsp3) is 0.833. The molecule has 1 amide bonds. The minimum Gasteiger partial charge on any atom is -0.392 e. The molecule has 2 aliphatic rings. The van der Waals surface area contributed by atoms with Gasteiger partial charge in [-0.05, 0) is 30.6 Å². The Bertz CT molecular complexity index is 306. The third-order valence-corrected chi connectivity index (χ3v) is 4.23. The van der Waals surface area contributed by atoms with Gasteiger partial charge < -0.3 is 11.1 Å². The summed E-state index contributed by atoms with van der Waals surface area (Å²) < 4.78 is 0. The SMILES string of the molecule is CC(C)C(NC(=O)C1C2CCCC21)C(N)=S. The molecule has 3 N–H and O–H groups in total. The van der Waals surface area contributed by atoms with Crippen LogP contribution in [0.15, 0.2) is 0 Å². The number of thiocarbonyl (C=S) groups is 1. The molecule has 90 valence electrons. The summed E-state index contributed by atoms with van der Waals surface area (Å²) in [6, 6.07) is -0.149. The largest absolute Gasteiger partial charge is 0.392 e. The fourth-order valence-corrected chi connectivity index (χ4v) is 3.36. The number of hydrogen-bond acceptors (Lipinski definition) is 2. The lowest BCUT2D eigenvalue weighted by molar-refractivity contribution is -0.123. The van der Waals surface area contributed by atoms with Crippen LogP contribution in [0.25, 0.3) is 0 Å². The van der Waals surface area contributed by atoms with Crippen LogP contribution in [-0.4, -0.2) is 16.9 Å². The highest BCUT2D eigenvalue weighted by molar-refractivity contribution is 7.80. The molecule has 4 heteroatoms. The Morgan fingerprint density at radius 2 is 1.94 bits per heavy atom. The summed E-state index contributed by atoms with van der Waals surface area (Å²) in [5.41, 5.74) is 5.64. The molecule has 0 spiro atoms. The number of carbonyl (C=O) groups excluding carboxylic acids is 1. The topological polar surface area (TPSA) is 55.1 Å². The van der Waals surface area contributed by atoms with E-state index < -0.39 is 0 Å². The van der Waals surface area contributed by atoms with E-state index in [2.05, 4.69) is 5.32 Å². The van der Waals surface area contributed by atoms with Gasteiger partial charge in [-0.25, -0.2) is 0 Å². The third-order valence-electron chi connectivity index (χ3n) is 3.98. The number of fused-ring (bicyclic) bond motifs is 1. The van der Waals surface area contributed by atoms with Gasteiger partial charge in [0.25, 0.3) is 0 Å². The van der Waals surface area contributed by atoms with Gasteiger partial charge >= 0.3 is 0 Å². The van der Waals surface area contributed by atoms with Gasteiger partial charge in [0.2, 0.25) is 5.91 Å².